The predicted octanol–water partition coefficient (Wildman–Crippen LogP) is 4.31. The number of piperazine rings is 1. The lowest BCUT2D eigenvalue weighted by atomic mass is 10.1. The molecule has 2 aromatic heterocycles. The molecule has 0 radical (unpaired) electrons. The van der Waals surface area contributed by atoms with Crippen LogP contribution >= 0.6 is 11.3 Å². The summed E-state index contributed by atoms with van der Waals surface area (Å²) in [5.41, 5.74) is 6.74. The molecule has 11 heteroatoms. The highest BCUT2D eigenvalue weighted by molar-refractivity contribution is 7.16. The fraction of sp³-hybridized carbons (Fsp3) is 0.310. The number of methoxy groups -OCH3 is 1. The van der Waals surface area contributed by atoms with E-state index >= 15 is 0 Å². The Hall–Kier alpha value is -4.06. The highest BCUT2D eigenvalue weighted by atomic mass is 32.1. The Bertz CT molecular complexity index is 1500. The van der Waals surface area contributed by atoms with Crippen LogP contribution in [-0.4, -0.2) is 91.1 Å². The van der Waals surface area contributed by atoms with Crippen molar-refractivity contribution in [2.75, 3.05) is 76.0 Å². The van der Waals surface area contributed by atoms with Crippen molar-refractivity contribution in [3.05, 3.63) is 60.9 Å². The van der Waals surface area contributed by atoms with Crippen LogP contribution in [0, 0.1) is 0 Å². The van der Waals surface area contributed by atoms with Gasteiger partial charge in [0, 0.05) is 64.0 Å². The minimum Gasteiger partial charge on any atom is -0.494 e. The van der Waals surface area contributed by atoms with Gasteiger partial charge in [-0.25, -0.2) is 15.0 Å². The lowest BCUT2D eigenvalue weighted by molar-refractivity contribution is -0.111. The zero-order valence-corrected chi connectivity index (χ0v) is 23.9. The Morgan fingerprint density at radius 3 is 2.73 bits per heavy atom. The first-order chi connectivity index (χ1) is 19.4. The van der Waals surface area contributed by atoms with Gasteiger partial charge in [-0.1, -0.05) is 12.6 Å². The zero-order valence-electron chi connectivity index (χ0n) is 23.1. The molecular formula is C29H34N8O2S. The predicted molar refractivity (Wildman–Crippen MR) is 163 cm³/mol. The molecule has 0 atom stereocenters. The smallest absolute Gasteiger partial charge is 0.247 e. The van der Waals surface area contributed by atoms with Crippen LogP contribution in [0.3, 0.4) is 0 Å². The number of thiazole rings is 1. The Labute approximate surface area is 238 Å². The van der Waals surface area contributed by atoms with Gasteiger partial charge in [-0.15, -0.1) is 11.3 Å². The number of benzene rings is 2. The van der Waals surface area contributed by atoms with Gasteiger partial charge >= 0.3 is 0 Å². The highest BCUT2D eigenvalue weighted by Crippen LogP contribution is 2.38. The number of carbonyl (C=O) groups is 1. The van der Waals surface area contributed by atoms with E-state index < -0.39 is 0 Å². The quantitative estimate of drug-likeness (QED) is 0.276. The third kappa shape index (κ3) is 6.39. The first kappa shape index (κ1) is 27.5. The van der Waals surface area contributed by atoms with Crippen molar-refractivity contribution in [1.82, 2.24) is 24.8 Å². The van der Waals surface area contributed by atoms with E-state index in [1.54, 1.807) is 18.4 Å². The van der Waals surface area contributed by atoms with Gasteiger partial charge in [-0.3, -0.25) is 9.69 Å². The van der Waals surface area contributed by atoms with Gasteiger partial charge in [0.1, 0.15) is 17.9 Å². The van der Waals surface area contributed by atoms with Gasteiger partial charge in [0.05, 0.1) is 45.6 Å². The number of fused-ring (bicyclic) bond motifs is 1. The Kier molecular flexibility index (Phi) is 8.54. The molecule has 0 spiro atoms. The van der Waals surface area contributed by atoms with E-state index in [0.717, 1.165) is 66.4 Å². The Balaban J connectivity index is 1.40. The first-order valence-electron chi connectivity index (χ1n) is 13.1. The van der Waals surface area contributed by atoms with Gasteiger partial charge in [0.15, 0.2) is 0 Å². The van der Waals surface area contributed by atoms with Crippen LogP contribution in [0.4, 0.5) is 22.9 Å². The molecule has 40 heavy (non-hydrogen) atoms. The zero-order chi connectivity index (χ0) is 28.1. The number of carbonyl (C=O) groups excluding carboxylic acids is 1. The third-order valence-electron chi connectivity index (χ3n) is 7.08. The maximum absolute atomic E-state index is 12.4. The van der Waals surface area contributed by atoms with Crippen molar-refractivity contribution in [2.45, 2.75) is 0 Å². The standard InChI is InChI=1S/C29H34N8O2S/c1-5-29(38)34-23-15-24(26(39-4)17-25(23)36(3)10-13-37-11-8-35(2)9-12-37)33-28-16-22(30-18-31-28)20-6-7-21-27(14-20)40-19-32-21/h5-7,14-19H,1,8-13H2,2-4H3,(H,34,38)(H,30,31,33). The summed E-state index contributed by atoms with van der Waals surface area (Å²) < 4.78 is 6.87. The molecule has 3 heterocycles. The average Bonchev–Trinajstić information content (AvgIpc) is 3.45. The fourth-order valence-electron chi connectivity index (χ4n) is 4.65. The molecular weight excluding hydrogens is 524 g/mol. The number of nitrogens with one attached hydrogen (secondary N) is 2. The molecule has 4 aromatic rings. The van der Waals surface area contributed by atoms with Crippen molar-refractivity contribution < 1.29 is 9.53 Å². The second kappa shape index (κ2) is 12.4. The number of nitrogens with zero attached hydrogens (tertiary/aromatic N) is 6. The summed E-state index contributed by atoms with van der Waals surface area (Å²) in [6, 6.07) is 11.8. The van der Waals surface area contributed by atoms with E-state index in [2.05, 4.69) is 60.0 Å². The van der Waals surface area contributed by atoms with E-state index in [9.17, 15) is 4.79 Å². The number of anilines is 4. The summed E-state index contributed by atoms with van der Waals surface area (Å²) in [6.07, 6.45) is 2.80. The maximum Gasteiger partial charge on any atom is 0.247 e. The average molecular weight is 559 g/mol. The molecule has 1 aliphatic heterocycles. The third-order valence-corrected chi connectivity index (χ3v) is 7.87. The van der Waals surface area contributed by atoms with E-state index in [0.29, 0.717) is 22.9 Å². The molecule has 208 valence electrons. The fourth-order valence-corrected chi connectivity index (χ4v) is 5.37. The van der Waals surface area contributed by atoms with Gasteiger partial charge in [0.25, 0.3) is 0 Å². The maximum atomic E-state index is 12.4. The summed E-state index contributed by atoms with van der Waals surface area (Å²) in [5.74, 6) is 0.946. The van der Waals surface area contributed by atoms with Crippen LogP contribution in [0.2, 0.25) is 0 Å². The second-order valence-electron chi connectivity index (χ2n) is 9.78. The van der Waals surface area contributed by atoms with Crippen LogP contribution in [0.5, 0.6) is 5.75 Å². The lowest BCUT2D eigenvalue weighted by Crippen LogP contribution is -2.46. The van der Waals surface area contributed by atoms with Crippen LogP contribution in [0.1, 0.15) is 0 Å². The molecule has 1 aliphatic rings. The SMILES string of the molecule is C=CC(=O)Nc1cc(Nc2cc(-c3ccc4ncsc4c3)ncn2)c(OC)cc1N(C)CCN1CCN(C)CC1. The van der Waals surface area contributed by atoms with Crippen molar-refractivity contribution in [2.24, 2.45) is 0 Å². The number of amides is 1. The number of likely N-dealkylation sites (N-methyl/N-ethyl adjacent to an activating group) is 2. The summed E-state index contributed by atoms with van der Waals surface area (Å²) >= 11 is 1.59. The van der Waals surface area contributed by atoms with Crippen LogP contribution in [0.15, 0.2) is 60.9 Å². The molecule has 0 aliphatic carbocycles. The molecule has 1 saturated heterocycles. The number of ether oxygens (including phenoxy) is 1. The van der Waals surface area contributed by atoms with Crippen LogP contribution in [0.25, 0.3) is 21.5 Å². The van der Waals surface area contributed by atoms with Crippen LogP contribution < -0.4 is 20.3 Å². The minimum absolute atomic E-state index is 0.285. The molecule has 0 saturated carbocycles. The molecule has 0 bridgehead atoms. The monoisotopic (exact) mass is 558 g/mol. The molecule has 10 nitrogen and oxygen atoms in total. The van der Waals surface area contributed by atoms with E-state index in [4.69, 9.17) is 4.74 Å². The van der Waals surface area contributed by atoms with E-state index in [1.807, 2.05) is 42.9 Å². The Morgan fingerprint density at radius 2 is 1.95 bits per heavy atom. The van der Waals surface area contributed by atoms with Gasteiger partial charge in [-0.2, -0.15) is 0 Å². The van der Waals surface area contributed by atoms with Crippen molar-refractivity contribution >= 4 is 50.3 Å². The summed E-state index contributed by atoms with van der Waals surface area (Å²) in [7, 11) is 5.81. The van der Waals surface area contributed by atoms with Crippen LogP contribution in [-0.2, 0) is 4.79 Å². The number of aromatic nitrogens is 3. The molecule has 2 N–H and O–H groups in total. The molecule has 0 unspecified atom stereocenters. The normalized spacial score (nSPS) is 14.2. The number of hydrogen-bond donors (Lipinski definition) is 2. The molecule has 2 aromatic carbocycles. The molecule has 5 rings (SSSR count). The second-order valence-corrected chi connectivity index (χ2v) is 10.7. The van der Waals surface area contributed by atoms with E-state index in [1.165, 1.54) is 12.4 Å². The number of rotatable bonds is 10. The topological polar surface area (TPSA) is 98.7 Å². The van der Waals surface area contributed by atoms with Crippen molar-refractivity contribution in [3.63, 3.8) is 0 Å². The Morgan fingerprint density at radius 1 is 1.12 bits per heavy atom. The van der Waals surface area contributed by atoms with Crippen molar-refractivity contribution in [1.29, 1.82) is 0 Å². The summed E-state index contributed by atoms with van der Waals surface area (Å²) in [5, 5.41) is 6.32. The largest absolute Gasteiger partial charge is 0.494 e. The van der Waals surface area contributed by atoms with Crippen molar-refractivity contribution in [3.8, 4) is 17.0 Å². The highest BCUT2D eigenvalue weighted by Gasteiger charge is 2.18. The molecule has 1 amide bonds. The summed E-state index contributed by atoms with van der Waals surface area (Å²) in [6.45, 7) is 9.59. The van der Waals surface area contributed by atoms with Gasteiger partial charge in [0.2, 0.25) is 5.91 Å². The van der Waals surface area contributed by atoms with Gasteiger partial charge in [-0.05, 0) is 31.3 Å². The molecule has 1 fully saturated rings. The van der Waals surface area contributed by atoms with Gasteiger partial charge < -0.3 is 25.2 Å². The van der Waals surface area contributed by atoms with E-state index in [-0.39, 0.29) is 5.91 Å². The minimum atomic E-state index is -0.285. The lowest BCUT2D eigenvalue weighted by Gasteiger charge is -2.34. The number of hydrogen-bond acceptors (Lipinski definition) is 10. The summed E-state index contributed by atoms with van der Waals surface area (Å²) in [4.78, 5) is 32.6. The first-order valence-corrected chi connectivity index (χ1v) is 14.0.